The Balaban J connectivity index is 2.29. The Morgan fingerprint density at radius 1 is 1.30 bits per heavy atom. The van der Waals surface area contributed by atoms with E-state index in [1.165, 1.54) is 0 Å². The fourth-order valence-electron chi connectivity index (χ4n) is 1.73. The van der Waals surface area contributed by atoms with Crippen LogP contribution in [0.1, 0.15) is 19.2 Å². The molecule has 0 atom stereocenters. The molecule has 0 spiro atoms. The zero-order chi connectivity index (χ0) is 14.5. The maximum absolute atomic E-state index is 6.02. The van der Waals surface area contributed by atoms with E-state index in [0.717, 1.165) is 34.6 Å². The fourth-order valence-corrected chi connectivity index (χ4v) is 2.28. The molecule has 2 rings (SSSR count). The van der Waals surface area contributed by atoms with Crippen molar-refractivity contribution in [3.05, 3.63) is 39.7 Å². The minimum atomic E-state index is 0.435. The van der Waals surface area contributed by atoms with Gasteiger partial charge in [0.15, 0.2) is 0 Å². The van der Waals surface area contributed by atoms with Gasteiger partial charge in [-0.25, -0.2) is 9.97 Å². The number of rotatable bonds is 5. The van der Waals surface area contributed by atoms with E-state index in [9.17, 15) is 0 Å². The van der Waals surface area contributed by atoms with E-state index in [1.807, 2.05) is 18.2 Å². The Bertz CT molecular complexity index is 607. The topological polar surface area (TPSA) is 47.0 Å². The number of benzene rings is 1. The number of aromatic nitrogens is 2. The van der Waals surface area contributed by atoms with Crippen LogP contribution in [0, 0.1) is 0 Å². The highest BCUT2D eigenvalue weighted by molar-refractivity contribution is 9.10. The van der Waals surface area contributed by atoms with Crippen molar-refractivity contribution in [2.24, 2.45) is 0 Å². The van der Waals surface area contributed by atoms with Gasteiger partial charge in [-0.15, -0.1) is 0 Å². The minimum Gasteiger partial charge on any atom is -0.497 e. The van der Waals surface area contributed by atoms with Gasteiger partial charge in [0.25, 0.3) is 0 Å². The lowest BCUT2D eigenvalue weighted by molar-refractivity contribution is 0.415. The van der Waals surface area contributed by atoms with Crippen LogP contribution in [0.25, 0.3) is 0 Å². The quantitative estimate of drug-likeness (QED) is 0.796. The van der Waals surface area contributed by atoms with Crippen molar-refractivity contribution in [2.45, 2.75) is 19.8 Å². The van der Waals surface area contributed by atoms with Crippen molar-refractivity contribution in [3.8, 4) is 5.75 Å². The van der Waals surface area contributed by atoms with Crippen molar-refractivity contribution >= 4 is 39.0 Å². The maximum atomic E-state index is 6.02. The Hall–Kier alpha value is -1.33. The van der Waals surface area contributed by atoms with Gasteiger partial charge in [0, 0.05) is 23.0 Å². The molecule has 4 nitrogen and oxygen atoms in total. The zero-order valence-corrected chi connectivity index (χ0v) is 13.6. The molecule has 20 heavy (non-hydrogen) atoms. The summed E-state index contributed by atoms with van der Waals surface area (Å²) in [5.41, 5.74) is 0.863. The molecule has 1 N–H and O–H groups in total. The van der Waals surface area contributed by atoms with Crippen molar-refractivity contribution < 1.29 is 4.74 Å². The summed E-state index contributed by atoms with van der Waals surface area (Å²) in [5.74, 6) is 2.17. The van der Waals surface area contributed by atoms with Crippen LogP contribution in [0.2, 0.25) is 5.15 Å². The molecule has 0 aliphatic carbocycles. The molecule has 0 bridgehead atoms. The molecule has 0 radical (unpaired) electrons. The van der Waals surface area contributed by atoms with Crippen LogP contribution in [-0.2, 0) is 6.42 Å². The minimum absolute atomic E-state index is 0.435. The van der Waals surface area contributed by atoms with Crippen LogP contribution in [0.3, 0.4) is 0 Å². The second-order valence-electron chi connectivity index (χ2n) is 4.21. The van der Waals surface area contributed by atoms with Crippen LogP contribution in [0.4, 0.5) is 11.5 Å². The highest BCUT2D eigenvalue weighted by Crippen LogP contribution is 2.29. The number of ether oxygens (including phenoxy) is 1. The standard InChI is InChI=1S/C14H15BrClN3O/c1-3-4-13-18-12(16)8-14(19-13)17-11-7-9(20-2)5-6-10(11)15/h5-8H,3-4H2,1-2H3,(H,17,18,19). The molecule has 0 saturated carbocycles. The average molecular weight is 357 g/mol. The third kappa shape index (κ3) is 3.84. The molecular formula is C14H15BrClN3O. The van der Waals surface area contributed by atoms with Gasteiger partial charge >= 0.3 is 0 Å². The highest BCUT2D eigenvalue weighted by Gasteiger charge is 2.06. The van der Waals surface area contributed by atoms with Crippen molar-refractivity contribution in [3.63, 3.8) is 0 Å². The Kier molecular flexibility index (Phi) is 5.20. The maximum Gasteiger partial charge on any atom is 0.135 e. The fraction of sp³-hybridized carbons (Fsp3) is 0.286. The number of nitrogens with one attached hydrogen (secondary N) is 1. The van der Waals surface area contributed by atoms with Gasteiger partial charge in [0.1, 0.15) is 22.5 Å². The van der Waals surface area contributed by atoms with E-state index >= 15 is 0 Å². The lowest BCUT2D eigenvalue weighted by Crippen LogP contribution is -2.01. The van der Waals surface area contributed by atoms with Crippen LogP contribution < -0.4 is 10.1 Å². The van der Waals surface area contributed by atoms with Gasteiger partial charge in [-0.3, -0.25) is 0 Å². The van der Waals surface area contributed by atoms with Gasteiger partial charge in [0.05, 0.1) is 12.8 Å². The molecule has 1 heterocycles. The number of methoxy groups -OCH3 is 1. The normalized spacial score (nSPS) is 10.4. The summed E-state index contributed by atoms with van der Waals surface area (Å²) in [5, 5.41) is 3.66. The molecule has 0 fully saturated rings. The summed E-state index contributed by atoms with van der Waals surface area (Å²) in [6.45, 7) is 2.08. The largest absolute Gasteiger partial charge is 0.497 e. The van der Waals surface area contributed by atoms with Crippen LogP contribution >= 0.6 is 27.5 Å². The van der Waals surface area contributed by atoms with E-state index < -0.39 is 0 Å². The Morgan fingerprint density at radius 2 is 2.10 bits per heavy atom. The predicted octanol–water partition coefficient (Wildman–Crippen LogP) is 4.60. The summed E-state index contributed by atoms with van der Waals surface area (Å²) < 4.78 is 6.14. The molecule has 106 valence electrons. The average Bonchev–Trinajstić information content (AvgIpc) is 2.41. The smallest absolute Gasteiger partial charge is 0.135 e. The number of halogens is 2. The molecule has 0 aliphatic heterocycles. The Labute approximate surface area is 131 Å². The highest BCUT2D eigenvalue weighted by atomic mass is 79.9. The van der Waals surface area contributed by atoms with E-state index in [-0.39, 0.29) is 0 Å². The monoisotopic (exact) mass is 355 g/mol. The molecule has 1 aromatic heterocycles. The molecule has 0 saturated heterocycles. The molecule has 1 aromatic carbocycles. The molecule has 0 unspecified atom stereocenters. The second kappa shape index (κ2) is 6.90. The first-order valence-electron chi connectivity index (χ1n) is 6.26. The van der Waals surface area contributed by atoms with E-state index in [0.29, 0.717) is 11.0 Å². The number of nitrogens with zero attached hydrogens (tertiary/aromatic N) is 2. The summed E-state index contributed by atoms with van der Waals surface area (Å²) in [6.07, 6.45) is 1.77. The van der Waals surface area contributed by atoms with Crippen molar-refractivity contribution in [1.82, 2.24) is 9.97 Å². The lowest BCUT2D eigenvalue weighted by atomic mass is 10.3. The van der Waals surface area contributed by atoms with Gasteiger partial charge in [-0.05, 0) is 34.5 Å². The lowest BCUT2D eigenvalue weighted by Gasteiger charge is -2.11. The van der Waals surface area contributed by atoms with E-state index in [4.69, 9.17) is 16.3 Å². The third-order valence-corrected chi connectivity index (χ3v) is 3.54. The van der Waals surface area contributed by atoms with Crippen molar-refractivity contribution in [1.29, 1.82) is 0 Å². The summed E-state index contributed by atoms with van der Waals surface area (Å²) >= 11 is 9.51. The van der Waals surface area contributed by atoms with Crippen LogP contribution in [0.5, 0.6) is 5.75 Å². The van der Waals surface area contributed by atoms with E-state index in [1.54, 1.807) is 13.2 Å². The van der Waals surface area contributed by atoms with Gasteiger partial charge in [-0.1, -0.05) is 18.5 Å². The zero-order valence-electron chi connectivity index (χ0n) is 11.3. The molecule has 2 aromatic rings. The molecule has 0 amide bonds. The Morgan fingerprint density at radius 3 is 2.80 bits per heavy atom. The molecule has 0 aliphatic rings. The van der Waals surface area contributed by atoms with Gasteiger partial charge < -0.3 is 10.1 Å². The second-order valence-corrected chi connectivity index (χ2v) is 5.45. The number of hydrogen-bond acceptors (Lipinski definition) is 4. The summed E-state index contributed by atoms with van der Waals surface area (Å²) in [4.78, 5) is 8.65. The first kappa shape index (κ1) is 15.1. The van der Waals surface area contributed by atoms with Crippen LogP contribution in [0.15, 0.2) is 28.7 Å². The third-order valence-electron chi connectivity index (χ3n) is 2.65. The SMILES string of the molecule is CCCc1nc(Cl)cc(Nc2cc(OC)ccc2Br)n1. The molecule has 6 heteroatoms. The van der Waals surface area contributed by atoms with Gasteiger partial charge in [0.2, 0.25) is 0 Å². The predicted molar refractivity (Wildman–Crippen MR) is 85.0 cm³/mol. The molecular weight excluding hydrogens is 342 g/mol. The number of hydrogen-bond donors (Lipinski definition) is 1. The number of aryl methyl sites for hydroxylation is 1. The first-order valence-corrected chi connectivity index (χ1v) is 7.43. The first-order chi connectivity index (χ1) is 9.62. The van der Waals surface area contributed by atoms with Gasteiger partial charge in [-0.2, -0.15) is 0 Å². The van der Waals surface area contributed by atoms with Crippen molar-refractivity contribution in [2.75, 3.05) is 12.4 Å². The summed E-state index contributed by atoms with van der Waals surface area (Å²) in [7, 11) is 1.63. The van der Waals surface area contributed by atoms with Crippen LogP contribution in [-0.4, -0.2) is 17.1 Å². The summed E-state index contributed by atoms with van der Waals surface area (Å²) in [6, 6.07) is 7.38. The van der Waals surface area contributed by atoms with E-state index in [2.05, 4.69) is 38.1 Å². The number of anilines is 2.